The zero-order chi connectivity index (χ0) is 18.3. The second-order valence-corrected chi connectivity index (χ2v) is 8.75. The molecule has 2 aliphatic heterocycles. The minimum absolute atomic E-state index is 0.179. The van der Waals surface area contributed by atoms with Crippen LogP contribution in [0.3, 0.4) is 0 Å². The number of hydrogen-bond donors (Lipinski definition) is 1. The second kappa shape index (κ2) is 7.01. The molecule has 1 amide bonds. The maximum atomic E-state index is 13.4. The number of piperidine rings is 1. The van der Waals surface area contributed by atoms with Gasteiger partial charge in [-0.15, -0.1) is 0 Å². The minimum Gasteiger partial charge on any atom is -0.393 e. The summed E-state index contributed by atoms with van der Waals surface area (Å²) in [6.07, 6.45) is 7.96. The summed E-state index contributed by atoms with van der Waals surface area (Å²) in [6, 6.07) is 2.26. The third-order valence-corrected chi connectivity index (χ3v) is 6.75. The first kappa shape index (κ1) is 18.1. The van der Waals surface area contributed by atoms with Crippen LogP contribution in [-0.2, 0) is 4.79 Å². The number of likely N-dealkylation sites (tertiary alicyclic amines) is 1. The lowest BCUT2D eigenvalue weighted by atomic mass is 9.78. The zero-order valence-electron chi connectivity index (χ0n) is 15.5. The monoisotopic (exact) mass is 377 g/mol. The number of aryl methyl sites for hydroxylation is 1. The van der Waals surface area contributed by atoms with Crippen molar-refractivity contribution in [2.24, 2.45) is 5.41 Å². The topological polar surface area (TPSA) is 56.7 Å². The van der Waals surface area contributed by atoms with Gasteiger partial charge in [-0.05, 0) is 63.5 Å². The molecule has 1 aliphatic carbocycles. The van der Waals surface area contributed by atoms with Gasteiger partial charge in [-0.2, -0.15) is 0 Å². The molecule has 1 aromatic heterocycles. The van der Waals surface area contributed by atoms with Gasteiger partial charge in [0.25, 0.3) is 0 Å². The number of aliphatic hydroxyl groups is 1. The van der Waals surface area contributed by atoms with Crippen molar-refractivity contribution in [2.75, 3.05) is 24.5 Å². The van der Waals surface area contributed by atoms with E-state index in [1.807, 2.05) is 13.0 Å². The number of rotatable bonds is 2. The van der Waals surface area contributed by atoms with Crippen molar-refractivity contribution >= 4 is 23.3 Å². The van der Waals surface area contributed by atoms with Gasteiger partial charge in [0.2, 0.25) is 5.91 Å². The van der Waals surface area contributed by atoms with Gasteiger partial charge in [-0.3, -0.25) is 4.79 Å². The number of hydrogen-bond acceptors (Lipinski definition) is 4. The molecule has 4 rings (SSSR count). The van der Waals surface area contributed by atoms with Gasteiger partial charge in [-0.1, -0.05) is 11.6 Å². The molecule has 0 aromatic carbocycles. The highest BCUT2D eigenvalue weighted by Crippen LogP contribution is 2.43. The fourth-order valence-electron chi connectivity index (χ4n) is 5.12. The van der Waals surface area contributed by atoms with Crippen LogP contribution in [0.25, 0.3) is 0 Å². The number of carbonyl (C=O) groups is 1. The third-order valence-electron chi connectivity index (χ3n) is 6.55. The van der Waals surface area contributed by atoms with Crippen LogP contribution in [0.15, 0.2) is 12.3 Å². The number of aliphatic hydroxyl groups excluding tert-OH is 1. The van der Waals surface area contributed by atoms with E-state index in [0.29, 0.717) is 17.0 Å². The molecule has 1 spiro atoms. The molecule has 2 saturated heterocycles. The Bertz CT molecular complexity index is 690. The van der Waals surface area contributed by atoms with Gasteiger partial charge in [0.1, 0.15) is 5.82 Å². The van der Waals surface area contributed by atoms with Crippen molar-refractivity contribution in [1.82, 2.24) is 9.88 Å². The van der Waals surface area contributed by atoms with Gasteiger partial charge in [0.05, 0.1) is 16.5 Å². The molecule has 5 nitrogen and oxygen atoms in total. The van der Waals surface area contributed by atoms with E-state index in [-0.39, 0.29) is 11.5 Å². The minimum atomic E-state index is -0.262. The zero-order valence-corrected chi connectivity index (χ0v) is 16.2. The molecule has 26 heavy (non-hydrogen) atoms. The van der Waals surface area contributed by atoms with Crippen molar-refractivity contribution in [2.45, 2.75) is 64.0 Å². The SMILES string of the molecule is Cc1cc(Cl)cnc1N1CCC[C@]2(CCN([C@H]3CC[C@@H](O)CC3)C2=O)C1. The Labute approximate surface area is 160 Å². The van der Waals surface area contributed by atoms with E-state index in [1.54, 1.807) is 6.20 Å². The number of carbonyl (C=O) groups excluding carboxylic acids is 1. The molecule has 3 heterocycles. The first-order valence-corrected chi connectivity index (χ1v) is 10.2. The van der Waals surface area contributed by atoms with E-state index in [4.69, 9.17) is 11.6 Å². The molecule has 1 aromatic rings. The van der Waals surface area contributed by atoms with Crippen LogP contribution < -0.4 is 4.90 Å². The lowest BCUT2D eigenvalue weighted by molar-refractivity contribution is -0.139. The summed E-state index contributed by atoms with van der Waals surface area (Å²) in [5.41, 5.74) is 0.806. The maximum absolute atomic E-state index is 13.4. The van der Waals surface area contributed by atoms with E-state index in [1.165, 1.54) is 0 Å². The summed E-state index contributed by atoms with van der Waals surface area (Å²) in [5, 5.41) is 10.4. The Morgan fingerprint density at radius 1 is 1.23 bits per heavy atom. The van der Waals surface area contributed by atoms with Crippen molar-refractivity contribution in [3.05, 3.63) is 22.8 Å². The molecule has 3 fully saturated rings. The Morgan fingerprint density at radius 2 is 2.00 bits per heavy atom. The Balaban J connectivity index is 1.50. The van der Waals surface area contributed by atoms with Crippen LogP contribution in [0.1, 0.15) is 50.5 Å². The summed E-state index contributed by atoms with van der Waals surface area (Å²) in [5.74, 6) is 1.29. The van der Waals surface area contributed by atoms with Crippen molar-refractivity contribution in [1.29, 1.82) is 0 Å². The second-order valence-electron chi connectivity index (χ2n) is 8.31. The highest BCUT2D eigenvalue weighted by Gasteiger charge is 2.50. The lowest BCUT2D eigenvalue weighted by Gasteiger charge is -2.41. The highest BCUT2D eigenvalue weighted by atomic mass is 35.5. The van der Waals surface area contributed by atoms with Crippen LogP contribution in [0.4, 0.5) is 5.82 Å². The number of pyridine rings is 1. The maximum Gasteiger partial charge on any atom is 0.230 e. The van der Waals surface area contributed by atoms with Crippen LogP contribution in [0.2, 0.25) is 5.02 Å². The van der Waals surface area contributed by atoms with Gasteiger partial charge in [0, 0.05) is 31.9 Å². The highest BCUT2D eigenvalue weighted by molar-refractivity contribution is 6.30. The molecule has 0 radical (unpaired) electrons. The number of aromatic nitrogens is 1. The smallest absolute Gasteiger partial charge is 0.230 e. The van der Waals surface area contributed by atoms with E-state index in [9.17, 15) is 9.90 Å². The molecule has 1 saturated carbocycles. The Kier molecular flexibility index (Phi) is 4.86. The van der Waals surface area contributed by atoms with Crippen molar-refractivity contribution < 1.29 is 9.90 Å². The van der Waals surface area contributed by atoms with E-state index in [0.717, 1.165) is 76.0 Å². The van der Waals surface area contributed by atoms with Crippen LogP contribution in [0.5, 0.6) is 0 Å². The molecule has 0 bridgehead atoms. The van der Waals surface area contributed by atoms with Gasteiger partial charge < -0.3 is 14.9 Å². The summed E-state index contributed by atoms with van der Waals surface area (Å²) in [4.78, 5) is 22.3. The van der Waals surface area contributed by atoms with Crippen LogP contribution in [-0.4, -0.2) is 52.7 Å². The van der Waals surface area contributed by atoms with Gasteiger partial charge in [0.15, 0.2) is 0 Å². The molecule has 0 unspecified atom stereocenters. The lowest BCUT2D eigenvalue weighted by Crippen LogP contribution is -2.50. The fourth-order valence-corrected chi connectivity index (χ4v) is 5.33. The first-order valence-electron chi connectivity index (χ1n) is 9.85. The molecule has 1 N–H and O–H groups in total. The van der Waals surface area contributed by atoms with E-state index in [2.05, 4.69) is 14.8 Å². The quantitative estimate of drug-likeness (QED) is 0.860. The molecular formula is C20H28ClN3O2. The van der Waals surface area contributed by atoms with Crippen molar-refractivity contribution in [3.63, 3.8) is 0 Å². The fraction of sp³-hybridized carbons (Fsp3) is 0.700. The average molecular weight is 378 g/mol. The summed E-state index contributed by atoms with van der Waals surface area (Å²) in [7, 11) is 0. The standard InChI is InChI=1S/C20H28ClN3O2/c1-14-11-15(21)12-22-18(14)23-9-2-7-20(13-23)8-10-24(19(20)26)16-3-5-17(25)6-4-16/h11-12,16-17,25H,2-10,13H2,1H3/t16-,17+,20-/m0/s1. The Morgan fingerprint density at radius 3 is 2.73 bits per heavy atom. The first-order chi connectivity index (χ1) is 12.5. The molecule has 3 aliphatic rings. The summed E-state index contributed by atoms with van der Waals surface area (Å²) < 4.78 is 0. The Hall–Kier alpha value is -1.33. The molecule has 6 heteroatoms. The van der Waals surface area contributed by atoms with Crippen molar-refractivity contribution in [3.8, 4) is 0 Å². The third kappa shape index (κ3) is 3.20. The number of nitrogens with zero attached hydrogens (tertiary/aromatic N) is 3. The molecule has 1 atom stereocenters. The number of halogens is 1. The summed E-state index contributed by atoms with van der Waals surface area (Å²) in [6.45, 7) is 4.60. The van der Waals surface area contributed by atoms with Gasteiger partial charge >= 0.3 is 0 Å². The predicted octanol–water partition coefficient (Wildman–Crippen LogP) is 3.17. The van der Waals surface area contributed by atoms with Gasteiger partial charge in [-0.25, -0.2) is 4.98 Å². The van der Waals surface area contributed by atoms with Crippen LogP contribution in [0, 0.1) is 12.3 Å². The average Bonchev–Trinajstić information content (AvgIpc) is 2.92. The van der Waals surface area contributed by atoms with E-state index < -0.39 is 0 Å². The van der Waals surface area contributed by atoms with Crippen LogP contribution >= 0.6 is 11.6 Å². The normalized spacial score (nSPS) is 32.5. The number of anilines is 1. The number of amides is 1. The predicted molar refractivity (Wildman–Crippen MR) is 102 cm³/mol. The molecular weight excluding hydrogens is 350 g/mol. The summed E-state index contributed by atoms with van der Waals surface area (Å²) >= 11 is 6.06. The largest absolute Gasteiger partial charge is 0.393 e. The van der Waals surface area contributed by atoms with E-state index >= 15 is 0 Å². The molecule has 142 valence electrons.